The van der Waals surface area contributed by atoms with Crippen molar-refractivity contribution < 1.29 is 104 Å². The molecule has 2 amide bonds. The van der Waals surface area contributed by atoms with Gasteiger partial charge in [0.25, 0.3) is 0 Å². The fourth-order valence-corrected chi connectivity index (χ4v) is 8.15. The number of amides is 2. The van der Waals surface area contributed by atoms with E-state index in [4.69, 9.17) is 29.3 Å². The Morgan fingerprint density at radius 3 is 2.15 bits per heavy atom. The number of phosphoric ester groups is 4. The third-order valence-electron chi connectivity index (χ3n) is 7.05. The maximum Gasteiger partial charge on any atom is 0.526 e. The van der Waals surface area contributed by atoms with Crippen molar-refractivity contribution in [1.29, 1.82) is 0 Å². The summed E-state index contributed by atoms with van der Waals surface area (Å²) in [6.45, 7) is 2.82. The first-order valence-electron chi connectivity index (χ1n) is 16.2. The first-order chi connectivity index (χ1) is 26.9. The number of imidazole rings is 1. The number of phosphoric acid groups is 4. The van der Waals surface area contributed by atoms with Gasteiger partial charge in [0.05, 0.1) is 19.5 Å². The van der Waals surface area contributed by atoms with Crippen LogP contribution in [0, 0.1) is 5.41 Å². The molecule has 12 N–H and O–H groups in total. The van der Waals surface area contributed by atoms with Crippen molar-refractivity contribution in [3.63, 3.8) is 0 Å². The fraction of sp³-hybridized carbons (Fsp3) is 0.640. The van der Waals surface area contributed by atoms with Crippen molar-refractivity contribution in [3.8, 4) is 0 Å². The normalized spacial score (nSPS) is 21.0. The lowest BCUT2D eigenvalue weighted by Gasteiger charge is -2.30. The summed E-state index contributed by atoms with van der Waals surface area (Å²) in [6, 6.07) is 0. The molecule has 336 valence electrons. The maximum atomic E-state index is 12.6. The molecular weight excluding hydrogens is 906 g/mol. The minimum atomic E-state index is -5.56. The Kier molecular flexibility index (Phi) is 19.3. The Hall–Kier alpha value is -2.82. The molecule has 1 fully saturated rings. The van der Waals surface area contributed by atoms with Crippen LogP contribution in [0.15, 0.2) is 12.7 Å². The van der Waals surface area contributed by atoms with Crippen LogP contribution in [0.25, 0.3) is 11.2 Å². The van der Waals surface area contributed by atoms with Gasteiger partial charge in [-0.1, -0.05) is 25.6 Å². The highest BCUT2D eigenvalue weighted by atomic mass is 32.2. The minimum absolute atomic E-state index is 0.0310. The van der Waals surface area contributed by atoms with Gasteiger partial charge in [0.2, 0.25) is 11.8 Å². The Bertz CT molecular complexity index is 2000. The lowest BCUT2D eigenvalue weighted by atomic mass is 9.87. The van der Waals surface area contributed by atoms with Crippen LogP contribution in [0.1, 0.15) is 40.3 Å². The van der Waals surface area contributed by atoms with E-state index in [0.29, 0.717) is 5.75 Å². The number of rotatable bonds is 20. The number of carbonyl (C=O) groups is 4. The second-order valence-electron chi connectivity index (χ2n) is 12.5. The first-order valence-corrected chi connectivity index (χ1v) is 23.3. The number of fused-ring (bicyclic) bond motifs is 1. The standard InChI is InChI=1S/C23H38N7O17P3S.C2H5O5P/c1-12(31)51-7-6-25-14(32)4-5-26-21(35)18(34)23(2,3)9-44-50(41,42)47-49(39,40)43-8-13-17(46-48(36,37)38)16(33)22(45-13)30-11-29-15-19(24)27-10-28-20(15)30;1-2(3)7-8(4,5)6/h10-11,13,16-18,22,33-34H,4-9H2,1-3H3,(H,25,32)(H,26,35)(H,39,40)(H,41,42)(H2,24,27,28)(H2,36,37,38);1H3,(H2,4,5,6)/t13-,16-,17-,18+,22-;/m1./s1. The molecule has 1 aliphatic heterocycles. The Morgan fingerprint density at radius 2 is 1.59 bits per heavy atom. The summed E-state index contributed by atoms with van der Waals surface area (Å²) in [6.07, 6.45) is -6.88. The van der Waals surface area contributed by atoms with Gasteiger partial charge in [0.15, 0.2) is 22.8 Å². The molecule has 0 saturated carbocycles. The molecule has 0 radical (unpaired) electrons. The quantitative estimate of drug-likeness (QED) is 0.0522. The molecule has 0 spiro atoms. The predicted octanol–water partition coefficient (Wildman–Crippen LogP) is -1.67. The molecule has 1 aliphatic rings. The van der Waals surface area contributed by atoms with Gasteiger partial charge in [-0.25, -0.2) is 33.2 Å². The molecule has 3 rings (SSSR count). The highest BCUT2D eigenvalue weighted by Gasteiger charge is 2.50. The van der Waals surface area contributed by atoms with Gasteiger partial charge in [-0.05, 0) is 0 Å². The number of ether oxygens (including phenoxy) is 1. The lowest BCUT2D eigenvalue weighted by Crippen LogP contribution is -2.46. The molecule has 7 atom stereocenters. The number of aliphatic hydroxyl groups excluding tert-OH is 2. The third-order valence-corrected chi connectivity index (χ3v) is 11.5. The summed E-state index contributed by atoms with van der Waals surface area (Å²) in [5, 5.41) is 26.1. The molecule has 2 unspecified atom stereocenters. The topological polar surface area (TPSA) is 447 Å². The van der Waals surface area contributed by atoms with E-state index < -0.39 is 98.3 Å². The molecule has 29 nitrogen and oxygen atoms in total. The number of anilines is 1. The number of aliphatic hydroxyl groups is 2. The van der Waals surface area contributed by atoms with Gasteiger partial charge in [-0.2, -0.15) is 4.31 Å². The van der Waals surface area contributed by atoms with E-state index in [1.165, 1.54) is 20.8 Å². The number of nitrogens with zero attached hydrogens (tertiary/aromatic N) is 4. The van der Waals surface area contributed by atoms with Crippen molar-refractivity contribution in [3.05, 3.63) is 12.7 Å². The van der Waals surface area contributed by atoms with E-state index in [1.54, 1.807) is 0 Å². The molecule has 1 saturated heterocycles. The average molecular weight is 950 g/mol. The molecular formula is C25H43N7O22P4S. The van der Waals surface area contributed by atoms with Crippen LogP contribution in [0.4, 0.5) is 5.82 Å². The highest BCUT2D eigenvalue weighted by molar-refractivity contribution is 8.13. The fourth-order valence-electron chi connectivity index (χ4n) is 4.49. The van der Waals surface area contributed by atoms with E-state index in [2.05, 4.69) is 38.9 Å². The zero-order valence-corrected chi connectivity index (χ0v) is 35.5. The summed E-state index contributed by atoms with van der Waals surface area (Å²) in [7, 11) is -20.9. The van der Waals surface area contributed by atoms with Crippen LogP contribution in [-0.4, -0.2) is 138 Å². The summed E-state index contributed by atoms with van der Waals surface area (Å²) in [5.41, 5.74) is 4.26. The number of nitrogen functional groups attached to an aromatic ring is 1. The molecule has 59 heavy (non-hydrogen) atoms. The summed E-state index contributed by atoms with van der Waals surface area (Å²) < 4.78 is 75.0. The number of hydrogen-bond donors (Lipinski definition) is 11. The van der Waals surface area contributed by atoms with E-state index in [1.807, 2.05) is 0 Å². The van der Waals surface area contributed by atoms with Gasteiger partial charge in [-0.3, -0.25) is 47.1 Å². The zero-order chi connectivity index (χ0) is 45.1. The first kappa shape index (κ1) is 52.3. The van der Waals surface area contributed by atoms with Crippen molar-refractivity contribution >= 4 is 82.9 Å². The van der Waals surface area contributed by atoms with E-state index in [-0.39, 0.29) is 41.6 Å². The average Bonchev–Trinajstić information content (AvgIpc) is 3.63. The Balaban J connectivity index is 0.00000135. The van der Waals surface area contributed by atoms with Crippen LogP contribution in [0.5, 0.6) is 0 Å². The number of hydrogen-bond acceptors (Lipinski definition) is 21. The summed E-state index contributed by atoms with van der Waals surface area (Å²) in [4.78, 5) is 111. The number of carbonyl (C=O) groups excluding carboxylic acids is 4. The summed E-state index contributed by atoms with van der Waals surface area (Å²) in [5.74, 6) is -2.07. The summed E-state index contributed by atoms with van der Waals surface area (Å²) >= 11 is 1.03. The van der Waals surface area contributed by atoms with Crippen molar-refractivity contribution in [2.75, 3.05) is 37.8 Å². The van der Waals surface area contributed by atoms with E-state index in [9.17, 15) is 67.2 Å². The van der Waals surface area contributed by atoms with E-state index >= 15 is 0 Å². The molecule has 0 aromatic carbocycles. The SMILES string of the molecule is CC(=O)OP(=O)(O)O.CC(=O)SCCNC(=O)CCNC(=O)[C@H](O)C(C)(C)COP(=O)(O)OP(=O)(O)OC[C@H]1O[C@@H](n2cnc3c(N)ncnc32)[C@H](O)[C@@H]1OP(=O)(O)O. The minimum Gasteiger partial charge on any atom is -0.386 e. The largest absolute Gasteiger partial charge is 0.526 e. The van der Waals surface area contributed by atoms with Crippen LogP contribution in [0.2, 0.25) is 0 Å². The van der Waals surface area contributed by atoms with Crippen molar-refractivity contribution in [1.82, 2.24) is 30.2 Å². The van der Waals surface area contributed by atoms with Gasteiger partial charge < -0.3 is 55.4 Å². The number of nitrogens with one attached hydrogen (secondary N) is 2. The smallest absolute Gasteiger partial charge is 0.386 e. The van der Waals surface area contributed by atoms with Crippen LogP contribution in [-0.2, 0) is 64.6 Å². The van der Waals surface area contributed by atoms with Gasteiger partial charge >= 0.3 is 37.3 Å². The second kappa shape index (κ2) is 21.8. The van der Waals surface area contributed by atoms with Gasteiger partial charge in [0, 0.05) is 44.5 Å². The molecule has 2 aromatic heterocycles. The molecule has 34 heteroatoms. The van der Waals surface area contributed by atoms with Crippen LogP contribution in [0.3, 0.4) is 0 Å². The van der Waals surface area contributed by atoms with Gasteiger partial charge in [0.1, 0.15) is 36.3 Å². The van der Waals surface area contributed by atoms with E-state index in [0.717, 1.165) is 35.9 Å². The van der Waals surface area contributed by atoms with Gasteiger partial charge in [-0.15, -0.1) is 0 Å². The molecule has 0 aliphatic carbocycles. The second-order valence-corrected chi connectivity index (χ2v) is 19.2. The van der Waals surface area contributed by atoms with Crippen LogP contribution >= 0.6 is 43.1 Å². The Morgan fingerprint density at radius 1 is 0.966 bits per heavy atom. The number of nitrogens with two attached hydrogens (primary N) is 1. The zero-order valence-electron chi connectivity index (χ0n) is 31.1. The van der Waals surface area contributed by atoms with Crippen molar-refractivity contribution in [2.45, 2.75) is 64.8 Å². The third kappa shape index (κ3) is 18.4. The monoisotopic (exact) mass is 949 g/mol. The number of thioether (sulfide) groups is 1. The van der Waals surface area contributed by atoms with Crippen LogP contribution < -0.4 is 16.4 Å². The molecule has 0 bridgehead atoms. The lowest BCUT2D eigenvalue weighted by molar-refractivity contribution is -0.137. The predicted molar refractivity (Wildman–Crippen MR) is 197 cm³/mol. The Labute approximate surface area is 337 Å². The van der Waals surface area contributed by atoms with Crippen molar-refractivity contribution in [2.24, 2.45) is 5.41 Å². The number of aromatic nitrogens is 4. The molecule has 2 aromatic rings. The maximum absolute atomic E-state index is 12.6. The highest BCUT2D eigenvalue weighted by Crippen LogP contribution is 2.61. The molecule has 3 heterocycles.